The van der Waals surface area contributed by atoms with Gasteiger partial charge in [-0.05, 0) is 19.1 Å². The number of imidazole rings is 1. The van der Waals surface area contributed by atoms with Gasteiger partial charge in [-0.15, -0.1) is 0 Å². The number of aromatic nitrogens is 2. The van der Waals surface area contributed by atoms with Gasteiger partial charge in [0.25, 0.3) is 0 Å². The van der Waals surface area contributed by atoms with Crippen LogP contribution in [-0.4, -0.2) is 15.3 Å². The Kier molecular flexibility index (Phi) is 1.85. The fourth-order valence-electron chi connectivity index (χ4n) is 1.38. The van der Waals surface area contributed by atoms with Crippen molar-refractivity contribution in [3.05, 3.63) is 30.6 Å². The number of hydrogen-bond donors (Lipinski definition) is 0. The molecule has 0 unspecified atom stereocenters. The van der Waals surface area contributed by atoms with Crippen molar-refractivity contribution in [3.63, 3.8) is 0 Å². The van der Waals surface area contributed by atoms with E-state index in [1.54, 1.807) is 13.3 Å². The number of carbonyl (C=O) groups excluding carboxylic acids is 1. The van der Waals surface area contributed by atoms with E-state index in [1.165, 1.54) is 0 Å². The van der Waals surface area contributed by atoms with Gasteiger partial charge in [0, 0.05) is 0 Å². The average molecular weight is 174 g/mol. The lowest BCUT2D eigenvalue weighted by Gasteiger charge is -1.98. The summed E-state index contributed by atoms with van der Waals surface area (Å²) < 4.78 is 1.86. The van der Waals surface area contributed by atoms with E-state index >= 15 is 0 Å². The van der Waals surface area contributed by atoms with Crippen LogP contribution < -0.4 is 0 Å². The van der Waals surface area contributed by atoms with Gasteiger partial charge in [0.15, 0.2) is 0 Å². The number of rotatable bonds is 2. The number of carbonyl (C=O) groups is 1. The zero-order valence-electron chi connectivity index (χ0n) is 7.40. The molecule has 0 amide bonds. The van der Waals surface area contributed by atoms with E-state index in [2.05, 4.69) is 4.98 Å². The maximum atomic E-state index is 10.9. The minimum absolute atomic E-state index is 0.142. The number of Topliss-reactive ketones (excluding diaryl/α,β-unsaturated/α-hetero) is 1. The summed E-state index contributed by atoms with van der Waals surface area (Å²) in [5.74, 6) is 0.142. The van der Waals surface area contributed by atoms with E-state index in [0.29, 0.717) is 6.54 Å². The molecule has 0 saturated carbocycles. The van der Waals surface area contributed by atoms with Crippen LogP contribution in [0, 0.1) is 0 Å². The Labute approximate surface area is 76.0 Å². The van der Waals surface area contributed by atoms with Crippen LogP contribution >= 0.6 is 0 Å². The van der Waals surface area contributed by atoms with Gasteiger partial charge in [-0.3, -0.25) is 4.79 Å². The van der Waals surface area contributed by atoms with Crippen LogP contribution in [0.3, 0.4) is 0 Å². The van der Waals surface area contributed by atoms with Gasteiger partial charge in [0.1, 0.15) is 5.78 Å². The fourth-order valence-corrected chi connectivity index (χ4v) is 1.38. The molecule has 0 spiro atoms. The molecule has 66 valence electrons. The van der Waals surface area contributed by atoms with Gasteiger partial charge in [-0.1, -0.05) is 12.1 Å². The second kappa shape index (κ2) is 3.01. The molecular formula is C10H10N2O. The number of para-hydroxylation sites is 2. The lowest BCUT2D eigenvalue weighted by Crippen LogP contribution is -2.04. The van der Waals surface area contributed by atoms with E-state index in [0.717, 1.165) is 11.0 Å². The molecule has 0 atom stereocenters. The molecule has 13 heavy (non-hydrogen) atoms. The summed E-state index contributed by atoms with van der Waals surface area (Å²) in [4.78, 5) is 15.1. The van der Waals surface area contributed by atoms with E-state index in [1.807, 2.05) is 28.8 Å². The second-order valence-electron chi connectivity index (χ2n) is 3.06. The molecule has 1 heterocycles. The summed E-state index contributed by atoms with van der Waals surface area (Å²) in [7, 11) is 0. The van der Waals surface area contributed by atoms with E-state index in [-0.39, 0.29) is 5.78 Å². The van der Waals surface area contributed by atoms with Crippen molar-refractivity contribution in [1.82, 2.24) is 9.55 Å². The number of nitrogens with zero attached hydrogens (tertiary/aromatic N) is 2. The first-order valence-corrected chi connectivity index (χ1v) is 4.16. The molecular weight excluding hydrogens is 164 g/mol. The Morgan fingerprint density at radius 3 is 3.00 bits per heavy atom. The molecule has 0 saturated heterocycles. The summed E-state index contributed by atoms with van der Waals surface area (Å²) in [5, 5.41) is 0. The Hall–Kier alpha value is -1.64. The molecule has 0 N–H and O–H groups in total. The number of fused-ring (bicyclic) bond motifs is 1. The van der Waals surface area contributed by atoms with Crippen LogP contribution in [0.2, 0.25) is 0 Å². The van der Waals surface area contributed by atoms with Crippen LogP contribution in [-0.2, 0) is 11.3 Å². The number of benzene rings is 1. The molecule has 0 fully saturated rings. The third kappa shape index (κ3) is 1.45. The highest BCUT2D eigenvalue weighted by Gasteiger charge is 2.02. The molecule has 0 aliphatic carbocycles. The number of ketones is 1. The van der Waals surface area contributed by atoms with Gasteiger partial charge in [0.2, 0.25) is 0 Å². The maximum absolute atomic E-state index is 10.9. The highest BCUT2D eigenvalue weighted by Crippen LogP contribution is 2.11. The first-order chi connectivity index (χ1) is 6.27. The predicted octanol–water partition coefficient (Wildman–Crippen LogP) is 1.63. The first kappa shape index (κ1) is 7.98. The minimum Gasteiger partial charge on any atom is -0.323 e. The summed E-state index contributed by atoms with van der Waals surface area (Å²) in [6.07, 6.45) is 1.70. The Morgan fingerprint density at radius 2 is 2.23 bits per heavy atom. The highest BCUT2D eigenvalue weighted by molar-refractivity contribution is 5.80. The summed E-state index contributed by atoms with van der Waals surface area (Å²) in [6, 6.07) is 7.78. The smallest absolute Gasteiger partial charge is 0.149 e. The van der Waals surface area contributed by atoms with E-state index < -0.39 is 0 Å². The van der Waals surface area contributed by atoms with Crippen LogP contribution in [0.1, 0.15) is 6.92 Å². The SMILES string of the molecule is CC(=O)Cn1cnc2ccccc21. The zero-order chi connectivity index (χ0) is 9.26. The van der Waals surface area contributed by atoms with Crippen molar-refractivity contribution in [3.8, 4) is 0 Å². The molecule has 0 aliphatic heterocycles. The normalized spacial score (nSPS) is 10.5. The second-order valence-corrected chi connectivity index (χ2v) is 3.06. The fraction of sp³-hybridized carbons (Fsp3) is 0.200. The summed E-state index contributed by atoms with van der Waals surface area (Å²) in [5.41, 5.74) is 1.95. The van der Waals surface area contributed by atoms with Crippen molar-refractivity contribution in [2.45, 2.75) is 13.5 Å². The molecule has 0 aliphatic rings. The third-order valence-corrected chi connectivity index (χ3v) is 1.92. The highest BCUT2D eigenvalue weighted by atomic mass is 16.1. The van der Waals surface area contributed by atoms with Gasteiger partial charge in [-0.2, -0.15) is 0 Å². The van der Waals surface area contributed by atoms with E-state index in [9.17, 15) is 4.79 Å². The van der Waals surface area contributed by atoms with Gasteiger partial charge >= 0.3 is 0 Å². The van der Waals surface area contributed by atoms with Crippen molar-refractivity contribution in [2.24, 2.45) is 0 Å². The third-order valence-electron chi connectivity index (χ3n) is 1.92. The first-order valence-electron chi connectivity index (χ1n) is 4.16. The lowest BCUT2D eigenvalue weighted by atomic mass is 10.3. The van der Waals surface area contributed by atoms with Crippen molar-refractivity contribution in [1.29, 1.82) is 0 Å². The van der Waals surface area contributed by atoms with Gasteiger partial charge in [-0.25, -0.2) is 4.98 Å². The molecule has 2 rings (SSSR count). The Bertz CT molecular complexity index is 445. The lowest BCUT2D eigenvalue weighted by molar-refractivity contribution is -0.117. The van der Waals surface area contributed by atoms with Crippen LogP contribution in [0.5, 0.6) is 0 Å². The average Bonchev–Trinajstić information content (AvgIpc) is 2.48. The van der Waals surface area contributed by atoms with Crippen LogP contribution in [0.25, 0.3) is 11.0 Å². The van der Waals surface area contributed by atoms with Crippen molar-refractivity contribution < 1.29 is 4.79 Å². The predicted molar refractivity (Wildman–Crippen MR) is 50.4 cm³/mol. The minimum atomic E-state index is 0.142. The molecule has 2 aromatic rings. The molecule has 0 radical (unpaired) electrons. The maximum Gasteiger partial charge on any atom is 0.149 e. The van der Waals surface area contributed by atoms with Crippen molar-refractivity contribution >= 4 is 16.8 Å². The Balaban J connectivity index is 2.51. The van der Waals surface area contributed by atoms with E-state index in [4.69, 9.17) is 0 Å². The quantitative estimate of drug-likeness (QED) is 0.693. The monoisotopic (exact) mass is 174 g/mol. The molecule has 1 aromatic carbocycles. The number of hydrogen-bond acceptors (Lipinski definition) is 2. The van der Waals surface area contributed by atoms with Crippen LogP contribution in [0.15, 0.2) is 30.6 Å². The van der Waals surface area contributed by atoms with Gasteiger partial charge < -0.3 is 4.57 Å². The zero-order valence-corrected chi connectivity index (χ0v) is 7.40. The van der Waals surface area contributed by atoms with Crippen LogP contribution in [0.4, 0.5) is 0 Å². The molecule has 3 heteroatoms. The standard InChI is InChI=1S/C10H10N2O/c1-8(13)6-12-7-11-9-4-2-3-5-10(9)12/h2-5,7H,6H2,1H3. The molecule has 3 nitrogen and oxygen atoms in total. The van der Waals surface area contributed by atoms with Gasteiger partial charge in [0.05, 0.1) is 23.9 Å². The molecule has 1 aromatic heterocycles. The topological polar surface area (TPSA) is 34.9 Å². The Morgan fingerprint density at radius 1 is 1.46 bits per heavy atom. The largest absolute Gasteiger partial charge is 0.323 e. The van der Waals surface area contributed by atoms with Crippen molar-refractivity contribution in [2.75, 3.05) is 0 Å². The summed E-state index contributed by atoms with van der Waals surface area (Å²) in [6.45, 7) is 1.98. The summed E-state index contributed by atoms with van der Waals surface area (Å²) >= 11 is 0. The molecule has 0 bridgehead atoms.